The largest absolute Gasteiger partial charge is 0.443 e. The second-order valence-electron chi connectivity index (χ2n) is 5.69. The first-order chi connectivity index (χ1) is 11.2. The van der Waals surface area contributed by atoms with Gasteiger partial charge in [-0.25, -0.2) is 4.79 Å². The number of amides is 1. The summed E-state index contributed by atoms with van der Waals surface area (Å²) in [6, 6.07) is 0. The van der Waals surface area contributed by atoms with E-state index >= 15 is 0 Å². The lowest BCUT2D eigenvalue weighted by atomic mass is 10.2. The summed E-state index contributed by atoms with van der Waals surface area (Å²) in [7, 11) is 0. The molecule has 1 atom stereocenters. The number of nitrogens with one attached hydrogen (secondary N) is 1. The molecule has 2 fully saturated rings. The molecule has 128 valence electrons. The first kappa shape index (κ1) is 17.6. The molecule has 6 heteroatoms. The number of cyclic esters (lactones) is 1. The lowest BCUT2D eigenvalue weighted by molar-refractivity contribution is 0.137. The van der Waals surface area contributed by atoms with Crippen LogP contribution in [0.4, 0.5) is 4.79 Å². The molecule has 0 aromatic rings. The third-order valence-electron chi connectivity index (χ3n) is 4.11. The molecule has 6 nitrogen and oxygen atoms in total. The molecule has 0 aromatic carbocycles. The van der Waals surface area contributed by atoms with E-state index in [2.05, 4.69) is 22.4 Å². The van der Waals surface area contributed by atoms with Gasteiger partial charge in [-0.1, -0.05) is 13.0 Å². The summed E-state index contributed by atoms with van der Waals surface area (Å²) in [5.74, 6) is 0. The molecule has 2 saturated heterocycles. The molecule has 2 rings (SSSR count). The summed E-state index contributed by atoms with van der Waals surface area (Å²) in [6.45, 7) is 8.94. The highest BCUT2D eigenvalue weighted by molar-refractivity contribution is 5.72. The van der Waals surface area contributed by atoms with Crippen molar-refractivity contribution >= 4 is 6.09 Å². The molecule has 0 saturated carbocycles. The van der Waals surface area contributed by atoms with Crippen molar-refractivity contribution in [2.24, 2.45) is 5.73 Å². The zero-order chi connectivity index (χ0) is 16.7. The predicted octanol–water partition coefficient (Wildman–Crippen LogP) is 1.43. The minimum Gasteiger partial charge on any atom is -0.443 e. The van der Waals surface area contributed by atoms with Gasteiger partial charge in [0.05, 0.1) is 6.54 Å². The van der Waals surface area contributed by atoms with E-state index in [1.165, 1.54) is 5.70 Å². The van der Waals surface area contributed by atoms with Crippen molar-refractivity contribution in [1.82, 2.24) is 15.1 Å². The molecule has 0 aliphatic carbocycles. The molecule has 2 aliphatic rings. The van der Waals surface area contributed by atoms with Crippen LogP contribution in [0.2, 0.25) is 0 Å². The average Bonchev–Trinajstić information content (AvgIpc) is 2.96. The molecular weight excluding hydrogens is 292 g/mol. The smallest absolute Gasteiger partial charge is 0.414 e. The molecule has 0 radical (unpaired) electrons. The average molecular weight is 320 g/mol. The van der Waals surface area contributed by atoms with Crippen molar-refractivity contribution in [3.05, 3.63) is 35.7 Å². The van der Waals surface area contributed by atoms with Crippen molar-refractivity contribution in [3.8, 4) is 0 Å². The minimum absolute atomic E-state index is 0.204. The minimum atomic E-state index is -0.295. The Kier molecular flexibility index (Phi) is 6.67. The SMILES string of the molecule is C/C=C/C(=C\C=C(/CC)N1C[C@H](CN)OC1=O)N1CCNCC1. The van der Waals surface area contributed by atoms with Gasteiger partial charge in [-0.05, 0) is 31.6 Å². The maximum absolute atomic E-state index is 12.0. The van der Waals surface area contributed by atoms with E-state index in [1.54, 1.807) is 4.90 Å². The van der Waals surface area contributed by atoms with Crippen LogP contribution in [0.3, 0.4) is 0 Å². The third kappa shape index (κ3) is 4.59. The van der Waals surface area contributed by atoms with Gasteiger partial charge >= 0.3 is 6.09 Å². The Morgan fingerprint density at radius 3 is 2.70 bits per heavy atom. The van der Waals surface area contributed by atoms with Gasteiger partial charge in [0.2, 0.25) is 0 Å². The maximum atomic E-state index is 12.0. The van der Waals surface area contributed by atoms with E-state index in [1.807, 2.05) is 26.0 Å². The number of allylic oxidation sites excluding steroid dienone is 5. The van der Waals surface area contributed by atoms with Crippen LogP contribution < -0.4 is 11.1 Å². The highest BCUT2D eigenvalue weighted by atomic mass is 16.6. The molecule has 0 unspecified atom stereocenters. The van der Waals surface area contributed by atoms with E-state index in [0.717, 1.165) is 38.3 Å². The van der Waals surface area contributed by atoms with Crippen molar-refractivity contribution in [1.29, 1.82) is 0 Å². The summed E-state index contributed by atoms with van der Waals surface area (Å²) < 4.78 is 5.24. The third-order valence-corrected chi connectivity index (χ3v) is 4.11. The molecule has 0 spiro atoms. The molecule has 2 aliphatic heterocycles. The van der Waals surface area contributed by atoms with Gasteiger partial charge in [-0.15, -0.1) is 0 Å². The van der Waals surface area contributed by atoms with Gasteiger partial charge in [-0.3, -0.25) is 4.90 Å². The summed E-state index contributed by atoms with van der Waals surface area (Å²) in [5.41, 5.74) is 7.73. The van der Waals surface area contributed by atoms with Crippen LogP contribution in [-0.2, 0) is 4.74 Å². The van der Waals surface area contributed by atoms with Crippen LogP contribution in [-0.4, -0.2) is 61.3 Å². The van der Waals surface area contributed by atoms with Crippen LogP contribution in [0.25, 0.3) is 0 Å². The van der Waals surface area contributed by atoms with Crippen molar-refractivity contribution in [2.75, 3.05) is 39.3 Å². The number of hydrogen-bond donors (Lipinski definition) is 2. The van der Waals surface area contributed by atoms with Gasteiger partial charge < -0.3 is 20.7 Å². The number of nitrogens with two attached hydrogens (primary N) is 1. The Morgan fingerprint density at radius 1 is 1.39 bits per heavy atom. The van der Waals surface area contributed by atoms with E-state index in [4.69, 9.17) is 10.5 Å². The summed E-state index contributed by atoms with van der Waals surface area (Å²) in [6.07, 6.45) is 8.54. The van der Waals surface area contributed by atoms with E-state index in [9.17, 15) is 4.79 Å². The monoisotopic (exact) mass is 320 g/mol. The predicted molar refractivity (Wildman–Crippen MR) is 91.7 cm³/mol. The van der Waals surface area contributed by atoms with Gasteiger partial charge in [0.25, 0.3) is 0 Å². The Balaban J connectivity index is 2.15. The first-order valence-corrected chi connectivity index (χ1v) is 8.37. The molecular formula is C17H28N4O2. The summed E-state index contributed by atoms with van der Waals surface area (Å²) in [5, 5.41) is 3.36. The Labute approximate surface area is 138 Å². The van der Waals surface area contributed by atoms with Crippen molar-refractivity contribution in [3.63, 3.8) is 0 Å². The number of hydrogen-bond acceptors (Lipinski definition) is 5. The van der Waals surface area contributed by atoms with Crippen molar-refractivity contribution < 1.29 is 9.53 Å². The molecule has 0 aromatic heterocycles. The quantitative estimate of drug-likeness (QED) is 0.725. The molecule has 2 heterocycles. The highest BCUT2D eigenvalue weighted by Crippen LogP contribution is 2.20. The van der Waals surface area contributed by atoms with Crippen LogP contribution in [0.1, 0.15) is 20.3 Å². The second-order valence-corrected chi connectivity index (χ2v) is 5.69. The van der Waals surface area contributed by atoms with Gasteiger partial charge in [0.1, 0.15) is 6.10 Å². The number of nitrogens with zero attached hydrogens (tertiary/aromatic N) is 2. The summed E-state index contributed by atoms with van der Waals surface area (Å²) >= 11 is 0. The topological polar surface area (TPSA) is 70.8 Å². The van der Waals surface area contributed by atoms with Crippen LogP contribution in [0.5, 0.6) is 0 Å². The number of carbonyl (C=O) groups is 1. The number of rotatable bonds is 6. The number of ether oxygens (including phenoxy) is 1. The lowest BCUT2D eigenvalue weighted by Crippen LogP contribution is -2.42. The Morgan fingerprint density at radius 2 is 2.13 bits per heavy atom. The molecule has 0 bridgehead atoms. The number of piperazine rings is 1. The van der Waals surface area contributed by atoms with E-state index in [-0.39, 0.29) is 12.2 Å². The highest BCUT2D eigenvalue weighted by Gasteiger charge is 2.31. The standard InChI is InChI=1S/C17H28N4O2/c1-3-5-15(20-10-8-19-9-11-20)7-6-14(4-2)21-13-16(12-18)23-17(21)22/h3,5-7,16,19H,4,8-13,18H2,1-2H3/b5-3+,14-6+,15-7+/t16-/m0/s1. The van der Waals surface area contributed by atoms with Crippen LogP contribution in [0, 0.1) is 0 Å². The fourth-order valence-electron chi connectivity index (χ4n) is 2.82. The zero-order valence-electron chi connectivity index (χ0n) is 14.1. The second kappa shape index (κ2) is 8.74. The summed E-state index contributed by atoms with van der Waals surface area (Å²) in [4.78, 5) is 16.0. The van der Waals surface area contributed by atoms with Crippen molar-refractivity contribution in [2.45, 2.75) is 26.4 Å². The Bertz CT molecular complexity index is 493. The lowest BCUT2D eigenvalue weighted by Gasteiger charge is -2.30. The van der Waals surface area contributed by atoms with Gasteiger partial charge in [0, 0.05) is 44.1 Å². The van der Waals surface area contributed by atoms with E-state index in [0.29, 0.717) is 13.1 Å². The maximum Gasteiger partial charge on any atom is 0.414 e. The van der Waals surface area contributed by atoms with Gasteiger partial charge in [-0.2, -0.15) is 0 Å². The zero-order valence-corrected chi connectivity index (χ0v) is 14.1. The fraction of sp³-hybridized carbons (Fsp3) is 0.588. The van der Waals surface area contributed by atoms with Crippen LogP contribution in [0.15, 0.2) is 35.7 Å². The van der Waals surface area contributed by atoms with E-state index < -0.39 is 0 Å². The number of carbonyl (C=O) groups excluding carboxylic acids is 1. The van der Waals surface area contributed by atoms with Crippen LogP contribution >= 0.6 is 0 Å². The Hall–Kier alpha value is -1.79. The normalized spacial score (nSPS) is 23.8. The fourth-order valence-corrected chi connectivity index (χ4v) is 2.82. The first-order valence-electron chi connectivity index (χ1n) is 8.37. The van der Waals surface area contributed by atoms with Gasteiger partial charge in [0.15, 0.2) is 0 Å². The molecule has 23 heavy (non-hydrogen) atoms. The molecule has 1 amide bonds. The molecule has 3 N–H and O–H groups in total.